The zero-order valence-corrected chi connectivity index (χ0v) is 13.3. The number of halogens is 1. The van der Waals surface area contributed by atoms with E-state index in [-0.39, 0.29) is 0 Å². The second kappa shape index (κ2) is 7.21. The number of aromatic nitrogens is 2. The van der Waals surface area contributed by atoms with Gasteiger partial charge < -0.3 is 20.2 Å². The lowest BCUT2D eigenvalue weighted by Gasteiger charge is -2.11. The Labute approximate surface area is 131 Å². The highest BCUT2D eigenvalue weighted by Gasteiger charge is 2.06. The number of hydrazine groups is 1. The lowest BCUT2D eigenvalue weighted by atomic mass is 10.3. The molecule has 21 heavy (non-hydrogen) atoms. The number of nitrogen functional groups attached to an aromatic ring is 1. The fourth-order valence-corrected chi connectivity index (χ4v) is 2.20. The zero-order valence-electron chi connectivity index (χ0n) is 11.7. The molecule has 0 unspecified atom stereocenters. The molecule has 4 N–H and O–H groups in total. The van der Waals surface area contributed by atoms with Crippen molar-refractivity contribution in [1.29, 1.82) is 0 Å². The number of nitrogens with one attached hydrogen (secondary N) is 2. The molecule has 0 bridgehead atoms. The van der Waals surface area contributed by atoms with Gasteiger partial charge in [-0.1, -0.05) is 15.9 Å². The Morgan fingerprint density at radius 3 is 2.57 bits per heavy atom. The lowest BCUT2D eigenvalue weighted by Crippen LogP contribution is -2.11. The molecule has 7 nitrogen and oxygen atoms in total. The van der Waals surface area contributed by atoms with Crippen molar-refractivity contribution in [3.8, 4) is 5.75 Å². The van der Waals surface area contributed by atoms with Crippen molar-refractivity contribution >= 4 is 33.3 Å². The topological polar surface area (TPSA) is 94.3 Å². The minimum absolute atomic E-state index is 0.298. The first kappa shape index (κ1) is 15.5. The number of ether oxygens (including phenoxy) is 2. The fourth-order valence-electron chi connectivity index (χ4n) is 1.73. The molecule has 0 saturated heterocycles. The smallest absolute Gasteiger partial charge is 0.158 e. The van der Waals surface area contributed by atoms with E-state index in [0.717, 1.165) is 15.9 Å². The molecule has 0 aliphatic heterocycles. The number of methoxy groups -OCH3 is 2. The monoisotopic (exact) mass is 353 g/mol. The molecule has 1 aromatic heterocycles. The molecule has 0 aliphatic rings. The van der Waals surface area contributed by atoms with Gasteiger partial charge in [0, 0.05) is 29.4 Å². The number of rotatable bonds is 6. The standard InChI is InChI=1S/C13H16BrN5O2/c1-20-7-13-17-11(6-12(18-13)19-15)16-9-3-8(14)4-10(5-9)21-2/h3-6H,7,15H2,1-2H3,(H2,16,17,18,19). The van der Waals surface area contributed by atoms with Crippen molar-refractivity contribution < 1.29 is 9.47 Å². The Hall–Kier alpha value is -1.90. The normalized spacial score (nSPS) is 10.3. The van der Waals surface area contributed by atoms with Gasteiger partial charge in [-0.25, -0.2) is 15.8 Å². The van der Waals surface area contributed by atoms with Gasteiger partial charge in [-0.3, -0.25) is 0 Å². The molecule has 1 heterocycles. The summed E-state index contributed by atoms with van der Waals surface area (Å²) in [6.45, 7) is 0.298. The summed E-state index contributed by atoms with van der Waals surface area (Å²) >= 11 is 3.43. The maximum atomic E-state index is 5.41. The molecule has 0 radical (unpaired) electrons. The Morgan fingerprint density at radius 2 is 1.90 bits per heavy atom. The highest BCUT2D eigenvalue weighted by Crippen LogP contribution is 2.26. The van der Waals surface area contributed by atoms with Crippen LogP contribution in [0, 0.1) is 0 Å². The number of benzene rings is 1. The van der Waals surface area contributed by atoms with Crippen LogP contribution in [-0.2, 0) is 11.3 Å². The van der Waals surface area contributed by atoms with Crippen molar-refractivity contribution in [2.75, 3.05) is 25.0 Å². The van der Waals surface area contributed by atoms with E-state index < -0.39 is 0 Å². The fraction of sp³-hybridized carbons (Fsp3) is 0.231. The van der Waals surface area contributed by atoms with E-state index in [2.05, 4.69) is 36.6 Å². The predicted molar refractivity (Wildman–Crippen MR) is 84.5 cm³/mol. The molecule has 2 rings (SSSR count). The molecule has 8 heteroatoms. The summed E-state index contributed by atoms with van der Waals surface area (Å²) in [6.07, 6.45) is 0. The summed E-state index contributed by atoms with van der Waals surface area (Å²) in [5.74, 6) is 7.77. The molecular weight excluding hydrogens is 338 g/mol. The van der Waals surface area contributed by atoms with E-state index in [1.54, 1.807) is 20.3 Å². The van der Waals surface area contributed by atoms with Gasteiger partial charge in [0.2, 0.25) is 0 Å². The lowest BCUT2D eigenvalue weighted by molar-refractivity contribution is 0.178. The molecule has 0 amide bonds. The molecule has 0 spiro atoms. The first-order valence-electron chi connectivity index (χ1n) is 6.09. The van der Waals surface area contributed by atoms with Crippen LogP contribution in [0.5, 0.6) is 5.75 Å². The second-order valence-corrected chi connectivity index (χ2v) is 5.05. The Balaban J connectivity index is 2.29. The third kappa shape index (κ3) is 4.28. The van der Waals surface area contributed by atoms with Crippen molar-refractivity contribution in [2.24, 2.45) is 5.84 Å². The molecule has 112 valence electrons. The van der Waals surface area contributed by atoms with Crippen LogP contribution in [0.1, 0.15) is 5.82 Å². The molecule has 2 aromatic rings. The molecule has 0 aliphatic carbocycles. The van der Waals surface area contributed by atoms with E-state index in [1.165, 1.54) is 0 Å². The summed E-state index contributed by atoms with van der Waals surface area (Å²) < 4.78 is 11.2. The first-order chi connectivity index (χ1) is 10.1. The molecular formula is C13H16BrN5O2. The average Bonchev–Trinajstić information content (AvgIpc) is 2.46. The third-order valence-electron chi connectivity index (χ3n) is 2.57. The zero-order chi connectivity index (χ0) is 15.2. The van der Waals surface area contributed by atoms with E-state index >= 15 is 0 Å². The Kier molecular flexibility index (Phi) is 5.32. The molecule has 0 fully saturated rings. The van der Waals surface area contributed by atoms with Gasteiger partial charge in [0.15, 0.2) is 5.82 Å². The second-order valence-electron chi connectivity index (χ2n) is 4.14. The van der Waals surface area contributed by atoms with Gasteiger partial charge >= 0.3 is 0 Å². The van der Waals surface area contributed by atoms with Crippen LogP contribution in [0.15, 0.2) is 28.7 Å². The maximum absolute atomic E-state index is 5.41. The van der Waals surface area contributed by atoms with E-state index in [1.807, 2.05) is 18.2 Å². The summed E-state index contributed by atoms with van der Waals surface area (Å²) in [4.78, 5) is 8.54. The molecule has 0 atom stereocenters. The number of nitrogens with zero attached hydrogens (tertiary/aromatic N) is 2. The van der Waals surface area contributed by atoms with E-state index in [4.69, 9.17) is 15.3 Å². The van der Waals surface area contributed by atoms with E-state index in [9.17, 15) is 0 Å². The predicted octanol–water partition coefficient (Wildman–Crippen LogP) is 2.42. The summed E-state index contributed by atoms with van der Waals surface area (Å²) in [6, 6.07) is 7.34. The van der Waals surface area contributed by atoms with Crippen molar-refractivity contribution in [1.82, 2.24) is 9.97 Å². The van der Waals surface area contributed by atoms with Crippen LogP contribution in [0.25, 0.3) is 0 Å². The number of anilines is 3. The maximum Gasteiger partial charge on any atom is 0.158 e. The van der Waals surface area contributed by atoms with Gasteiger partial charge in [0.1, 0.15) is 24.0 Å². The van der Waals surface area contributed by atoms with Crippen LogP contribution < -0.4 is 21.3 Å². The van der Waals surface area contributed by atoms with Gasteiger partial charge in [0.25, 0.3) is 0 Å². The van der Waals surface area contributed by atoms with Crippen LogP contribution in [0.2, 0.25) is 0 Å². The number of hydrogen-bond donors (Lipinski definition) is 3. The Bertz CT molecular complexity index is 624. The van der Waals surface area contributed by atoms with Crippen LogP contribution in [-0.4, -0.2) is 24.2 Å². The van der Waals surface area contributed by atoms with E-state index in [0.29, 0.717) is 24.1 Å². The molecule has 0 saturated carbocycles. The highest BCUT2D eigenvalue weighted by atomic mass is 79.9. The third-order valence-corrected chi connectivity index (χ3v) is 3.03. The number of hydrogen-bond acceptors (Lipinski definition) is 7. The SMILES string of the molecule is COCc1nc(NN)cc(Nc2cc(Br)cc(OC)c2)n1. The van der Waals surface area contributed by atoms with Crippen LogP contribution in [0.3, 0.4) is 0 Å². The Morgan fingerprint density at radius 1 is 1.14 bits per heavy atom. The van der Waals surface area contributed by atoms with Crippen molar-refractivity contribution in [3.05, 3.63) is 34.6 Å². The quantitative estimate of drug-likeness (QED) is 0.542. The van der Waals surface area contributed by atoms with Crippen LogP contribution in [0.4, 0.5) is 17.3 Å². The van der Waals surface area contributed by atoms with Crippen LogP contribution >= 0.6 is 15.9 Å². The highest BCUT2D eigenvalue weighted by molar-refractivity contribution is 9.10. The minimum atomic E-state index is 0.298. The average molecular weight is 354 g/mol. The van der Waals surface area contributed by atoms with Gasteiger partial charge in [0.05, 0.1) is 7.11 Å². The summed E-state index contributed by atoms with van der Waals surface area (Å²) in [5, 5.41) is 3.18. The van der Waals surface area contributed by atoms with Gasteiger partial charge in [-0.05, 0) is 12.1 Å². The van der Waals surface area contributed by atoms with Gasteiger partial charge in [-0.2, -0.15) is 0 Å². The summed E-state index contributed by atoms with van der Waals surface area (Å²) in [5.41, 5.74) is 3.33. The van der Waals surface area contributed by atoms with Crippen molar-refractivity contribution in [2.45, 2.75) is 6.61 Å². The summed E-state index contributed by atoms with van der Waals surface area (Å²) in [7, 11) is 3.20. The number of nitrogens with two attached hydrogens (primary N) is 1. The minimum Gasteiger partial charge on any atom is -0.497 e. The molecule has 1 aromatic carbocycles. The largest absolute Gasteiger partial charge is 0.497 e. The van der Waals surface area contributed by atoms with Crippen molar-refractivity contribution in [3.63, 3.8) is 0 Å². The van der Waals surface area contributed by atoms with Gasteiger partial charge in [-0.15, -0.1) is 0 Å². The first-order valence-corrected chi connectivity index (χ1v) is 6.89.